The first-order valence-electron chi connectivity index (χ1n) is 8.62. The summed E-state index contributed by atoms with van der Waals surface area (Å²) in [5.74, 6) is -0.344. The van der Waals surface area contributed by atoms with Crippen LogP contribution >= 0.6 is 0 Å². The van der Waals surface area contributed by atoms with Gasteiger partial charge in [0.2, 0.25) is 5.91 Å². The monoisotopic (exact) mass is 356 g/mol. The maximum Gasteiger partial charge on any atom is 0.419 e. The largest absolute Gasteiger partial charge is 0.419 e. The number of alkyl halides is 3. The van der Waals surface area contributed by atoms with E-state index in [1.807, 2.05) is 0 Å². The van der Waals surface area contributed by atoms with E-state index in [1.54, 1.807) is 16.8 Å². The number of hydrogen-bond donors (Lipinski definition) is 1. The highest BCUT2D eigenvalue weighted by molar-refractivity contribution is 5.80. The lowest BCUT2D eigenvalue weighted by molar-refractivity contribution is -0.137. The Morgan fingerprint density at radius 1 is 1.40 bits per heavy atom. The average molecular weight is 356 g/mol. The van der Waals surface area contributed by atoms with Gasteiger partial charge in [0.15, 0.2) is 0 Å². The van der Waals surface area contributed by atoms with Gasteiger partial charge in [0, 0.05) is 38.9 Å². The lowest BCUT2D eigenvalue weighted by atomic mass is 9.95. The van der Waals surface area contributed by atoms with Crippen molar-refractivity contribution >= 4 is 11.7 Å². The Kier molecular flexibility index (Phi) is 5.17. The SMILES string of the molecule is CN(C(=O)[C@@H]1CCCN(c2ncccc2C(F)(F)F)C1)[C@@H]1CCNC1. The first-order chi connectivity index (χ1) is 11.9. The summed E-state index contributed by atoms with van der Waals surface area (Å²) in [5, 5.41) is 3.23. The van der Waals surface area contributed by atoms with Crippen molar-refractivity contribution in [2.45, 2.75) is 31.5 Å². The molecule has 0 aliphatic carbocycles. The number of nitrogens with zero attached hydrogens (tertiary/aromatic N) is 3. The normalized spacial score (nSPS) is 24.4. The van der Waals surface area contributed by atoms with E-state index in [2.05, 4.69) is 10.3 Å². The van der Waals surface area contributed by atoms with Crippen molar-refractivity contribution in [3.05, 3.63) is 23.9 Å². The van der Waals surface area contributed by atoms with Gasteiger partial charge in [-0.1, -0.05) is 0 Å². The van der Waals surface area contributed by atoms with Crippen LogP contribution < -0.4 is 10.2 Å². The summed E-state index contributed by atoms with van der Waals surface area (Å²) in [5.41, 5.74) is -0.739. The lowest BCUT2D eigenvalue weighted by Gasteiger charge is -2.36. The van der Waals surface area contributed by atoms with E-state index < -0.39 is 11.7 Å². The number of anilines is 1. The van der Waals surface area contributed by atoms with Crippen LogP contribution in [0.15, 0.2) is 18.3 Å². The number of carbonyl (C=O) groups excluding carboxylic acids is 1. The standard InChI is InChI=1S/C17H23F3N4O/c1-23(13-6-8-21-10-13)16(25)12-4-3-9-24(11-12)15-14(17(18,19)20)5-2-7-22-15/h2,5,7,12-13,21H,3-4,6,8-11H2,1H3/t12-,13-/m1/s1. The van der Waals surface area contributed by atoms with Crippen LogP contribution in [-0.4, -0.2) is 55.1 Å². The molecule has 0 saturated carbocycles. The summed E-state index contributed by atoms with van der Waals surface area (Å²) < 4.78 is 39.7. The summed E-state index contributed by atoms with van der Waals surface area (Å²) in [6, 6.07) is 2.51. The van der Waals surface area contributed by atoms with Gasteiger partial charge in [-0.3, -0.25) is 4.79 Å². The molecule has 3 heterocycles. The number of hydrogen-bond acceptors (Lipinski definition) is 4. The molecule has 2 fully saturated rings. The molecule has 8 heteroatoms. The number of piperidine rings is 1. The van der Waals surface area contributed by atoms with E-state index in [0.717, 1.165) is 25.6 Å². The zero-order chi connectivity index (χ0) is 18.0. The molecule has 0 aromatic carbocycles. The smallest absolute Gasteiger partial charge is 0.355 e. The van der Waals surface area contributed by atoms with Crippen LogP contribution in [0.1, 0.15) is 24.8 Å². The van der Waals surface area contributed by atoms with E-state index in [-0.39, 0.29) is 30.2 Å². The number of aromatic nitrogens is 1. The first kappa shape index (κ1) is 18.0. The molecule has 2 aliphatic rings. The molecule has 1 aromatic rings. The van der Waals surface area contributed by atoms with Crippen molar-refractivity contribution < 1.29 is 18.0 Å². The highest BCUT2D eigenvalue weighted by atomic mass is 19.4. The summed E-state index contributed by atoms with van der Waals surface area (Å²) >= 11 is 0. The first-order valence-corrected chi connectivity index (χ1v) is 8.62. The Balaban J connectivity index is 1.74. The molecule has 0 unspecified atom stereocenters. The third-order valence-electron chi connectivity index (χ3n) is 5.09. The number of nitrogens with one attached hydrogen (secondary N) is 1. The molecular weight excluding hydrogens is 333 g/mol. The average Bonchev–Trinajstić information content (AvgIpc) is 3.14. The minimum Gasteiger partial charge on any atom is -0.355 e. The highest BCUT2D eigenvalue weighted by Gasteiger charge is 2.38. The third kappa shape index (κ3) is 3.89. The van der Waals surface area contributed by atoms with Crippen LogP contribution in [0.5, 0.6) is 0 Å². The predicted molar refractivity (Wildman–Crippen MR) is 88.2 cm³/mol. The molecule has 2 saturated heterocycles. The number of carbonyl (C=O) groups is 1. The van der Waals surface area contributed by atoms with Gasteiger partial charge in [-0.2, -0.15) is 13.2 Å². The minimum absolute atomic E-state index is 0.0166. The van der Waals surface area contributed by atoms with Crippen LogP contribution in [-0.2, 0) is 11.0 Å². The van der Waals surface area contributed by atoms with Gasteiger partial charge < -0.3 is 15.1 Å². The Labute approximate surface area is 145 Å². The zero-order valence-corrected chi connectivity index (χ0v) is 14.2. The minimum atomic E-state index is -4.45. The lowest BCUT2D eigenvalue weighted by Crippen LogP contribution is -2.47. The Bertz CT molecular complexity index is 616. The molecule has 0 bridgehead atoms. The molecule has 3 rings (SSSR count). The fourth-order valence-electron chi connectivity index (χ4n) is 3.68. The Morgan fingerprint density at radius 2 is 2.20 bits per heavy atom. The van der Waals surface area contributed by atoms with Gasteiger partial charge in [0.25, 0.3) is 0 Å². The number of pyridine rings is 1. The van der Waals surface area contributed by atoms with Gasteiger partial charge in [0.05, 0.1) is 11.5 Å². The van der Waals surface area contributed by atoms with Gasteiger partial charge >= 0.3 is 6.18 Å². The fraction of sp³-hybridized carbons (Fsp3) is 0.647. The summed E-state index contributed by atoms with van der Waals surface area (Å²) in [6.07, 6.45) is -0.786. The second-order valence-corrected chi connectivity index (χ2v) is 6.75. The van der Waals surface area contributed by atoms with Crippen LogP contribution in [0.4, 0.5) is 19.0 Å². The molecule has 1 aromatic heterocycles. The highest BCUT2D eigenvalue weighted by Crippen LogP contribution is 2.36. The maximum absolute atomic E-state index is 13.2. The van der Waals surface area contributed by atoms with Gasteiger partial charge in [-0.25, -0.2) is 4.98 Å². The number of rotatable bonds is 3. The van der Waals surface area contributed by atoms with Crippen LogP contribution in [0, 0.1) is 5.92 Å². The van der Waals surface area contributed by atoms with Crippen molar-refractivity contribution in [3.63, 3.8) is 0 Å². The predicted octanol–water partition coefficient (Wildman–Crippen LogP) is 2.14. The Hall–Kier alpha value is -1.83. The second kappa shape index (κ2) is 7.19. The van der Waals surface area contributed by atoms with Crippen LogP contribution in [0.2, 0.25) is 0 Å². The van der Waals surface area contributed by atoms with Crippen molar-refractivity contribution in [1.29, 1.82) is 0 Å². The van der Waals surface area contributed by atoms with E-state index in [9.17, 15) is 18.0 Å². The summed E-state index contributed by atoms with van der Waals surface area (Å²) in [7, 11) is 1.79. The molecule has 0 spiro atoms. The quantitative estimate of drug-likeness (QED) is 0.902. The van der Waals surface area contributed by atoms with Crippen molar-refractivity contribution in [3.8, 4) is 0 Å². The van der Waals surface area contributed by atoms with Gasteiger partial charge in [0.1, 0.15) is 5.82 Å². The number of likely N-dealkylation sites (N-methyl/N-ethyl adjacent to an activating group) is 1. The molecule has 5 nitrogen and oxygen atoms in total. The van der Waals surface area contributed by atoms with Gasteiger partial charge in [-0.05, 0) is 37.9 Å². The van der Waals surface area contributed by atoms with Crippen LogP contribution in [0.3, 0.4) is 0 Å². The molecule has 2 aliphatic heterocycles. The van der Waals surface area contributed by atoms with Crippen LogP contribution in [0.25, 0.3) is 0 Å². The van der Waals surface area contributed by atoms with E-state index in [0.29, 0.717) is 19.4 Å². The molecule has 0 radical (unpaired) electrons. The van der Waals surface area contributed by atoms with E-state index in [1.165, 1.54) is 12.3 Å². The topological polar surface area (TPSA) is 48.5 Å². The second-order valence-electron chi connectivity index (χ2n) is 6.75. The molecule has 138 valence electrons. The van der Waals surface area contributed by atoms with Crippen molar-refractivity contribution in [2.75, 3.05) is 38.1 Å². The molecule has 1 amide bonds. The van der Waals surface area contributed by atoms with Gasteiger partial charge in [-0.15, -0.1) is 0 Å². The maximum atomic E-state index is 13.2. The van der Waals surface area contributed by atoms with Crippen molar-refractivity contribution in [2.24, 2.45) is 5.92 Å². The summed E-state index contributed by atoms with van der Waals surface area (Å²) in [6.45, 7) is 2.43. The van der Waals surface area contributed by atoms with E-state index in [4.69, 9.17) is 0 Å². The molecule has 25 heavy (non-hydrogen) atoms. The third-order valence-corrected chi connectivity index (χ3v) is 5.09. The van der Waals surface area contributed by atoms with E-state index >= 15 is 0 Å². The zero-order valence-electron chi connectivity index (χ0n) is 14.2. The number of halogens is 3. The Morgan fingerprint density at radius 3 is 2.88 bits per heavy atom. The summed E-state index contributed by atoms with van der Waals surface area (Å²) in [4.78, 5) is 20.1. The number of amides is 1. The molecular formula is C17H23F3N4O. The molecule has 1 N–H and O–H groups in total. The van der Waals surface area contributed by atoms with Crippen molar-refractivity contribution in [1.82, 2.24) is 15.2 Å². The molecule has 2 atom stereocenters. The fourth-order valence-corrected chi connectivity index (χ4v) is 3.68.